The van der Waals surface area contributed by atoms with Crippen molar-refractivity contribution in [3.05, 3.63) is 23.3 Å². The molecule has 0 spiro atoms. The second kappa shape index (κ2) is 5.06. The zero-order chi connectivity index (χ0) is 11.4. The van der Waals surface area contributed by atoms with E-state index in [4.69, 9.17) is 0 Å². The van der Waals surface area contributed by atoms with E-state index in [0.29, 0.717) is 5.92 Å². The summed E-state index contributed by atoms with van der Waals surface area (Å²) < 4.78 is 0. The van der Waals surface area contributed by atoms with Crippen molar-refractivity contribution in [2.45, 2.75) is 40.0 Å². The maximum absolute atomic E-state index is 9.43. The molecule has 0 aromatic heterocycles. The van der Waals surface area contributed by atoms with E-state index < -0.39 is 0 Å². The molecule has 84 valence electrons. The number of hydrogen-bond donors (Lipinski definition) is 2. The molecule has 1 aromatic rings. The highest BCUT2D eigenvalue weighted by atomic mass is 16.3. The third-order valence-corrected chi connectivity index (χ3v) is 3.10. The van der Waals surface area contributed by atoms with E-state index in [1.54, 1.807) is 12.1 Å². The molecule has 2 N–H and O–H groups in total. The van der Waals surface area contributed by atoms with Gasteiger partial charge in [0, 0.05) is 0 Å². The number of hydrogen-bond acceptors (Lipinski definition) is 2. The topological polar surface area (TPSA) is 40.5 Å². The van der Waals surface area contributed by atoms with Gasteiger partial charge in [0.1, 0.15) is 0 Å². The van der Waals surface area contributed by atoms with Crippen LogP contribution in [0.25, 0.3) is 0 Å². The third-order valence-electron chi connectivity index (χ3n) is 3.10. The van der Waals surface area contributed by atoms with Crippen molar-refractivity contribution >= 4 is 0 Å². The molecule has 0 saturated heterocycles. The lowest BCUT2D eigenvalue weighted by atomic mass is 9.92. The lowest BCUT2D eigenvalue weighted by Crippen LogP contribution is -2.03. The summed E-state index contributed by atoms with van der Waals surface area (Å²) in [7, 11) is 0. The molecule has 0 radical (unpaired) electrons. The molecular formula is C13H20O2. The number of aromatic hydroxyl groups is 2. The van der Waals surface area contributed by atoms with Crippen LogP contribution >= 0.6 is 0 Å². The fourth-order valence-corrected chi connectivity index (χ4v) is 1.83. The second-order valence-electron chi connectivity index (χ2n) is 4.15. The van der Waals surface area contributed by atoms with Crippen LogP contribution < -0.4 is 0 Å². The predicted octanol–water partition coefficient (Wildman–Crippen LogP) is 3.38. The first-order chi connectivity index (χ1) is 7.08. The van der Waals surface area contributed by atoms with Gasteiger partial charge in [0.25, 0.3) is 0 Å². The van der Waals surface area contributed by atoms with Crippen LogP contribution in [0.3, 0.4) is 0 Å². The standard InChI is InChI=1S/C13H20O2/c1-4-10(5-2)7-11-8-13(15)12(14)6-9(11)3/h6,8,10,14-15H,4-5,7H2,1-3H3. The number of phenols is 2. The fraction of sp³-hybridized carbons (Fsp3) is 0.538. The normalized spacial score (nSPS) is 10.9. The molecule has 0 atom stereocenters. The van der Waals surface area contributed by atoms with Crippen molar-refractivity contribution in [2.24, 2.45) is 5.92 Å². The lowest BCUT2D eigenvalue weighted by Gasteiger charge is -2.14. The van der Waals surface area contributed by atoms with E-state index in [1.165, 1.54) is 0 Å². The van der Waals surface area contributed by atoms with Gasteiger partial charge in [-0.2, -0.15) is 0 Å². The van der Waals surface area contributed by atoms with Gasteiger partial charge in [0.15, 0.2) is 11.5 Å². The average Bonchev–Trinajstić information content (AvgIpc) is 2.21. The summed E-state index contributed by atoms with van der Waals surface area (Å²) >= 11 is 0. The molecule has 0 bridgehead atoms. The molecular weight excluding hydrogens is 188 g/mol. The van der Waals surface area contributed by atoms with Crippen LogP contribution in [-0.2, 0) is 6.42 Å². The Balaban J connectivity index is 2.89. The Labute approximate surface area is 91.6 Å². The quantitative estimate of drug-likeness (QED) is 0.745. The number of rotatable bonds is 4. The maximum atomic E-state index is 9.43. The van der Waals surface area contributed by atoms with Gasteiger partial charge in [-0.15, -0.1) is 0 Å². The SMILES string of the molecule is CCC(CC)Cc1cc(O)c(O)cc1C. The van der Waals surface area contributed by atoms with Crippen molar-refractivity contribution in [3.63, 3.8) is 0 Å². The number of benzene rings is 1. The molecule has 0 fully saturated rings. The van der Waals surface area contributed by atoms with Crippen LogP contribution in [0.4, 0.5) is 0 Å². The van der Waals surface area contributed by atoms with Crippen molar-refractivity contribution in [2.75, 3.05) is 0 Å². The van der Waals surface area contributed by atoms with Crippen LogP contribution in [-0.4, -0.2) is 10.2 Å². The molecule has 0 amide bonds. The Kier molecular flexibility index (Phi) is 4.01. The van der Waals surface area contributed by atoms with Crippen molar-refractivity contribution < 1.29 is 10.2 Å². The molecule has 0 aliphatic carbocycles. The van der Waals surface area contributed by atoms with Crippen molar-refractivity contribution in [1.82, 2.24) is 0 Å². The summed E-state index contributed by atoms with van der Waals surface area (Å²) in [6.07, 6.45) is 3.28. The fourth-order valence-electron chi connectivity index (χ4n) is 1.83. The van der Waals surface area contributed by atoms with Crippen LogP contribution in [0.2, 0.25) is 0 Å². The summed E-state index contributed by atoms with van der Waals surface area (Å²) in [5.41, 5.74) is 2.19. The Bertz CT molecular complexity index is 328. The Hall–Kier alpha value is -1.18. The molecule has 0 saturated carbocycles. The molecule has 0 unspecified atom stereocenters. The van der Waals surface area contributed by atoms with Crippen LogP contribution in [0.5, 0.6) is 11.5 Å². The molecule has 0 aliphatic rings. The van der Waals surface area contributed by atoms with Gasteiger partial charge in [0.05, 0.1) is 0 Å². The predicted molar refractivity (Wildman–Crippen MR) is 62.3 cm³/mol. The Morgan fingerprint density at radius 1 is 1.07 bits per heavy atom. The van der Waals surface area contributed by atoms with Gasteiger partial charge in [-0.3, -0.25) is 0 Å². The van der Waals surface area contributed by atoms with Crippen molar-refractivity contribution in [3.8, 4) is 11.5 Å². The Morgan fingerprint density at radius 3 is 2.13 bits per heavy atom. The van der Waals surface area contributed by atoms with Crippen LogP contribution in [0.15, 0.2) is 12.1 Å². The van der Waals surface area contributed by atoms with Gasteiger partial charge in [-0.25, -0.2) is 0 Å². The first-order valence-corrected chi connectivity index (χ1v) is 5.59. The molecule has 2 nitrogen and oxygen atoms in total. The smallest absolute Gasteiger partial charge is 0.157 e. The summed E-state index contributed by atoms with van der Waals surface area (Å²) in [5.74, 6) is 0.620. The van der Waals surface area contributed by atoms with E-state index in [0.717, 1.165) is 30.4 Å². The second-order valence-corrected chi connectivity index (χ2v) is 4.15. The first kappa shape index (κ1) is 11.9. The minimum absolute atomic E-state index is 0.0124. The summed E-state index contributed by atoms with van der Waals surface area (Å²) in [6.45, 7) is 6.34. The first-order valence-electron chi connectivity index (χ1n) is 5.59. The Morgan fingerprint density at radius 2 is 1.60 bits per heavy atom. The summed E-state index contributed by atoms with van der Waals surface area (Å²) in [6, 6.07) is 3.32. The minimum Gasteiger partial charge on any atom is -0.504 e. The van der Waals surface area contributed by atoms with Gasteiger partial charge >= 0.3 is 0 Å². The number of phenolic OH excluding ortho intramolecular Hbond substituents is 2. The monoisotopic (exact) mass is 208 g/mol. The van der Waals surface area contributed by atoms with Gasteiger partial charge < -0.3 is 10.2 Å². The molecule has 0 heterocycles. The molecule has 2 heteroatoms. The van der Waals surface area contributed by atoms with Crippen LogP contribution in [0, 0.1) is 12.8 Å². The van der Waals surface area contributed by atoms with E-state index in [-0.39, 0.29) is 11.5 Å². The molecule has 1 aromatic carbocycles. The lowest BCUT2D eigenvalue weighted by molar-refractivity contribution is 0.401. The van der Waals surface area contributed by atoms with Gasteiger partial charge in [0.2, 0.25) is 0 Å². The number of aryl methyl sites for hydroxylation is 1. The highest BCUT2D eigenvalue weighted by Gasteiger charge is 2.10. The molecule has 0 aliphatic heterocycles. The molecule has 15 heavy (non-hydrogen) atoms. The van der Waals surface area contributed by atoms with E-state index in [9.17, 15) is 10.2 Å². The van der Waals surface area contributed by atoms with E-state index in [2.05, 4.69) is 13.8 Å². The van der Waals surface area contributed by atoms with Gasteiger partial charge in [-0.1, -0.05) is 26.7 Å². The highest BCUT2D eigenvalue weighted by Crippen LogP contribution is 2.30. The summed E-state index contributed by atoms with van der Waals surface area (Å²) in [4.78, 5) is 0. The zero-order valence-electron chi connectivity index (χ0n) is 9.75. The van der Waals surface area contributed by atoms with Crippen molar-refractivity contribution in [1.29, 1.82) is 0 Å². The van der Waals surface area contributed by atoms with Crippen LogP contribution in [0.1, 0.15) is 37.8 Å². The maximum Gasteiger partial charge on any atom is 0.157 e. The highest BCUT2D eigenvalue weighted by molar-refractivity contribution is 5.45. The summed E-state index contributed by atoms with van der Waals surface area (Å²) in [5, 5.41) is 18.8. The average molecular weight is 208 g/mol. The molecule has 1 rings (SSSR count). The van der Waals surface area contributed by atoms with E-state index in [1.807, 2.05) is 6.92 Å². The minimum atomic E-state index is -0.0270. The third kappa shape index (κ3) is 2.88. The van der Waals surface area contributed by atoms with E-state index >= 15 is 0 Å². The largest absolute Gasteiger partial charge is 0.504 e. The van der Waals surface area contributed by atoms with Gasteiger partial charge in [-0.05, 0) is 42.5 Å². The zero-order valence-corrected chi connectivity index (χ0v) is 9.75.